The summed E-state index contributed by atoms with van der Waals surface area (Å²) in [6, 6.07) is 14.1. The Labute approximate surface area is 207 Å². The number of amides is 1. The van der Waals surface area contributed by atoms with E-state index in [0.717, 1.165) is 0 Å². The molecular weight excluding hydrogens is 471 g/mol. The number of para-hydroxylation sites is 1. The molecule has 0 aromatic heterocycles. The van der Waals surface area contributed by atoms with E-state index in [1.165, 1.54) is 66.7 Å². The number of halogens is 3. The monoisotopic (exact) mass is 498 g/mol. The van der Waals surface area contributed by atoms with Crippen LogP contribution < -0.4 is 21.1 Å². The topological polar surface area (TPSA) is 85.6 Å². The molecule has 3 aromatic carbocycles. The fraction of sp³-hybridized carbons (Fsp3) is 0.259. The molecule has 3 atom stereocenters. The molecule has 36 heavy (non-hydrogen) atoms. The zero-order chi connectivity index (χ0) is 25.7. The standard InChI is InChI=1S/C27H27F3N3O3/c1-16-14-35-21(13-32-16)15-36-26-22(30)3-2-4-23(26)33-27(34)25(31)24(17-5-9-19(28)10-6-17)18-7-11-20(29)12-8-18/h2-12,16,21,24-25,32H,1,13-15,31H2,(H,33,34)/t16-,21-,25-/m0/s1. The highest BCUT2D eigenvalue weighted by atomic mass is 19.1. The van der Waals surface area contributed by atoms with Crippen molar-refractivity contribution in [2.45, 2.75) is 24.1 Å². The fourth-order valence-corrected chi connectivity index (χ4v) is 4.02. The van der Waals surface area contributed by atoms with Crippen LogP contribution in [0.2, 0.25) is 0 Å². The van der Waals surface area contributed by atoms with Gasteiger partial charge in [-0.05, 0) is 54.4 Å². The van der Waals surface area contributed by atoms with Gasteiger partial charge in [0, 0.05) is 18.5 Å². The third-order valence-corrected chi connectivity index (χ3v) is 5.93. The van der Waals surface area contributed by atoms with Gasteiger partial charge in [-0.15, -0.1) is 0 Å². The maximum absolute atomic E-state index is 14.6. The third-order valence-electron chi connectivity index (χ3n) is 5.93. The maximum atomic E-state index is 14.6. The van der Waals surface area contributed by atoms with Crippen molar-refractivity contribution in [1.82, 2.24) is 5.32 Å². The molecule has 6 nitrogen and oxygen atoms in total. The van der Waals surface area contributed by atoms with Crippen LogP contribution in [0.3, 0.4) is 0 Å². The Balaban J connectivity index is 1.54. The van der Waals surface area contributed by atoms with Gasteiger partial charge in [-0.2, -0.15) is 0 Å². The zero-order valence-corrected chi connectivity index (χ0v) is 19.4. The molecule has 1 amide bonds. The van der Waals surface area contributed by atoms with Crippen molar-refractivity contribution in [3.63, 3.8) is 0 Å². The summed E-state index contributed by atoms with van der Waals surface area (Å²) in [7, 11) is 0. The lowest BCUT2D eigenvalue weighted by Gasteiger charge is -2.28. The van der Waals surface area contributed by atoms with Gasteiger partial charge < -0.3 is 25.8 Å². The Kier molecular flexibility index (Phi) is 8.25. The highest BCUT2D eigenvalue weighted by molar-refractivity contribution is 5.97. The predicted octanol–water partition coefficient (Wildman–Crippen LogP) is 3.77. The van der Waals surface area contributed by atoms with Crippen LogP contribution >= 0.6 is 0 Å². The number of rotatable bonds is 8. The Bertz CT molecular complexity index is 1120. The number of ether oxygens (including phenoxy) is 2. The normalized spacial score (nSPS) is 18.6. The summed E-state index contributed by atoms with van der Waals surface area (Å²) in [5.74, 6) is -3.04. The number of carbonyl (C=O) groups is 1. The molecule has 9 heteroatoms. The first kappa shape index (κ1) is 25.7. The molecule has 4 rings (SSSR count). The average molecular weight is 499 g/mol. The summed E-state index contributed by atoms with van der Waals surface area (Å²) >= 11 is 0. The van der Waals surface area contributed by atoms with Crippen molar-refractivity contribution >= 4 is 11.6 Å². The summed E-state index contributed by atoms with van der Waals surface area (Å²) in [5, 5.41) is 5.80. The maximum Gasteiger partial charge on any atom is 0.242 e. The number of nitrogens with two attached hydrogens (primary N) is 1. The lowest BCUT2D eigenvalue weighted by atomic mass is 9.85. The third kappa shape index (κ3) is 6.23. The van der Waals surface area contributed by atoms with Crippen molar-refractivity contribution in [2.24, 2.45) is 5.73 Å². The Morgan fingerprint density at radius 1 is 1.06 bits per heavy atom. The van der Waals surface area contributed by atoms with Crippen LogP contribution in [0.5, 0.6) is 5.75 Å². The quantitative estimate of drug-likeness (QED) is 0.440. The Morgan fingerprint density at radius 3 is 2.22 bits per heavy atom. The summed E-state index contributed by atoms with van der Waals surface area (Å²) < 4.78 is 53.0. The summed E-state index contributed by atoms with van der Waals surface area (Å²) in [6.07, 6.45) is -0.310. The highest BCUT2D eigenvalue weighted by Gasteiger charge is 2.29. The average Bonchev–Trinajstić information content (AvgIpc) is 2.87. The van der Waals surface area contributed by atoms with Crippen LogP contribution in [-0.2, 0) is 9.53 Å². The molecule has 0 spiro atoms. The van der Waals surface area contributed by atoms with Crippen molar-refractivity contribution in [3.8, 4) is 5.75 Å². The SMILES string of the molecule is [CH2][C@H]1CO[C@H](COc2c(F)cccc2NC(=O)[C@@H](N)C(c2ccc(F)cc2)c2ccc(F)cc2)CN1. The second-order valence-corrected chi connectivity index (χ2v) is 8.58. The molecule has 0 aliphatic carbocycles. The van der Waals surface area contributed by atoms with E-state index in [1.54, 1.807) is 0 Å². The number of hydrogen-bond donors (Lipinski definition) is 3. The van der Waals surface area contributed by atoms with Crippen molar-refractivity contribution in [2.75, 3.05) is 25.1 Å². The number of morpholine rings is 1. The minimum atomic E-state index is -1.17. The first-order valence-electron chi connectivity index (χ1n) is 11.5. The van der Waals surface area contributed by atoms with E-state index < -0.39 is 35.3 Å². The lowest BCUT2D eigenvalue weighted by Crippen LogP contribution is -2.47. The molecule has 1 aliphatic rings. The van der Waals surface area contributed by atoms with Gasteiger partial charge in [0.2, 0.25) is 5.91 Å². The molecule has 4 N–H and O–H groups in total. The molecule has 1 fully saturated rings. The summed E-state index contributed by atoms with van der Waals surface area (Å²) in [5.41, 5.74) is 7.60. The number of nitrogens with one attached hydrogen (secondary N) is 2. The van der Waals surface area contributed by atoms with E-state index in [4.69, 9.17) is 15.2 Å². The molecule has 1 saturated heterocycles. The van der Waals surface area contributed by atoms with Gasteiger partial charge >= 0.3 is 0 Å². The minimum absolute atomic E-state index is 0.0267. The molecule has 3 aromatic rings. The van der Waals surface area contributed by atoms with Gasteiger partial charge in [0.15, 0.2) is 11.6 Å². The van der Waals surface area contributed by atoms with Gasteiger partial charge in [0.1, 0.15) is 24.3 Å². The molecule has 1 aliphatic heterocycles. The predicted molar refractivity (Wildman–Crippen MR) is 130 cm³/mol. The molecule has 189 valence electrons. The van der Waals surface area contributed by atoms with Gasteiger partial charge in [-0.1, -0.05) is 30.3 Å². The molecule has 1 heterocycles. The van der Waals surface area contributed by atoms with E-state index in [2.05, 4.69) is 17.6 Å². The van der Waals surface area contributed by atoms with Gasteiger partial charge in [-0.25, -0.2) is 13.2 Å². The number of benzene rings is 3. The van der Waals surface area contributed by atoms with Crippen LogP contribution in [0.25, 0.3) is 0 Å². The zero-order valence-electron chi connectivity index (χ0n) is 19.4. The van der Waals surface area contributed by atoms with Crippen LogP contribution in [0, 0.1) is 24.4 Å². The Morgan fingerprint density at radius 2 is 1.67 bits per heavy atom. The largest absolute Gasteiger partial charge is 0.486 e. The van der Waals surface area contributed by atoms with Crippen molar-refractivity contribution in [3.05, 3.63) is 102 Å². The number of anilines is 1. The number of hydrogen-bond acceptors (Lipinski definition) is 5. The molecule has 0 unspecified atom stereocenters. The van der Waals surface area contributed by atoms with Gasteiger partial charge in [0.25, 0.3) is 0 Å². The van der Waals surface area contributed by atoms with Crippen LogP contribution in [0.1, 0.15) is 17.0 Å². The molecule has 0 saturated carbocycles. The number of carbonyl (C=O) groups excluding carboxylic acids is 1. The smallest absolute Gasteiger partial charge is 0.242 e. The molecule has 0 bridgehead atoms. The van der Waals surface area contributed by atoms with Gasteiger partial charge in [-0.3, -0.25) is 4.79 Å². The first-order valence-corrected chi connectivity index (χ1v) is 11.5. The van der Waals surface area contributed by atoms with E-state index in [1.807, 2.05) is 0 Å². The van der Waals surface area contributed by atoms with E-state index in [0.29, 0.717) is 24.3 Å². The fourth-order valence-electron chi connectivity index (χ4n) is 4.02. The van der Waals surface area contributed by atoms with Crippen LogP contribution in [-0.4, -0.2) is 43.9 Å². The lowest BCUT2D eigenvalue weighted by molar-refractivity contribution is -0.117. The Hall–Kier alpha value is -3.40. The minimum Gasteiger partial charge on any atom is -0.486 e. The molecule has 1 radical (unpaired) electrons. The molecular formula is C27H27F3N3O3. The van der Waals surface area contributed by atoms with Crippen LogP contribution in [0.4, 0.5) is 18.9 Å². The van der Waals surface area contributed by atoms with E-state index in [-0.39, 0.29) is 30.2 Å². The summed E-state index contributed by atoms with van der Waals surface area (Å²) in [4.78, 5) is 13.2. The second-order valence-electron chi connectivity index (χ2n) is 8.58. The second kappa shape index (κ2) is 11.6. The van der Waals surface area contributed by atoms with E-state index >= 15 is 0 Å². The van der Waals surface area contributed by atoms with Crippen molar-refractivity contribution < 1.29 is 27.4 Å². The van der Waals surface area contributed by atoms with Crippen molar-refractivity contribution in [1.29, 1.82) is 0 Å². The van der Waals surface area contributed by atoms with Gasteiger partial charge in [0.05, 0.1) is 18.3 Å². The first-order chi connectivity index (χ1) is 17.3. The van der Waals surface area contributed by atoms with E-state index in [9.17, 15) is 18.0 Å². The van der Waals surface area contributed by atoms with Crippen LogP contribution in [0.15, 0.2) is 66.7 Å². The summed E-state index contributed by atoms with van der Waals surface area (Å²) in [6.45, 7) is 4.81. The highest BCUT2D eigenvalue weighted by Crippen LogP contribution is 2.31.